The van der Waals surface area contributed by atoms with Gasteiger partial charge < -0.3 is 19.9 Å². The molecule has 1 aromatic carbocycles. The first-order valence-electron chi connectivity index (χ1n) is 11.0. The van der Waals surface area contributed by atoms with Gasteiger partial charge in [-0.1, -0.05) is 18.9 Å². The second-order valence-corrected chi connectivity index (χ2v) is 9.03. The Morgan fingerprint density at radius 1 is 1.06 bits per heavy atom. The van der Waals surface area contributed by atoms with E-state index in [4.69, 9.17) is 12.2 Å². The third-order valence-electron chi connectivity index (χ3n) is 6.76. The summed E-state index contributed by atoms with van der Waals surface area (Å²) in [6, 6.07) is 16.1. The fraction of sp³-hybridized carbons (Fsp3) is 0.360. The van der Waals surface area contributed by atoms with Crippen LogP contribution in [-0.4, -0.2) is 19.8 Å². The molecule has 2 atom stereocenters. The lowest BCUT2D eigenvalue weighted by atomic mass is 9.96. The first-order valence-corrected chi connectivity index (χ1v) is 11.4. The third kappa shape index (κ3) is 3.49. The van der Waals surface area contributed by atoms with Crippen LogP contribution in [0, 0.1) is 13.8 Å². The largest absolute Gasteiger partial charge is 0.508 e. The second-order valence-electron chi connectivity index (χ2n) is 8.65. The van der Waals surface area contributed by atoms with Crippen LogP contribution in [0.15, 0.2) is 54.7 Å². The van der Waals surface area contributed by atoms with Crippen molar-refractivity contribution in [1.82, 2.24) is 14.9 Å². The number of aryl methyl sites for hydroxylation is 1. The van der Waals surface area contributed by atoms with E-state index in [9.17, 15) is 5.11 Å². The van der Waals surface area contributed by atoms with Gasteiger partial charge in [-0.05, 0) is 86.9 Å². The van der Waals surface area contributed by atoms with Gasteiger partial charge >= 0.3 is 0 Å². The Bertz CT molecular complexity index is 1090. The van der Waals surface area contributed by atoms with Gasteiger partial charge in [-0.25, -0.2) is 0 Å². The molecular formula is C25H28N4OS. The molecule has 3 aromatic rings. The molecule has 6 heteroatoms. The fourth-order valence-corrected chi connectivity index (χ4v) is 5.73. The number of nitrogens with one attached hydrogen (secondary N) is 1. The summed E-state index contributed by atoms with van der Waals surface area (Å²) < 4.78 is 2.54. The molecular weight excluding hydrogens is 404 g/mol. The molecule has 1 aliphatic heterocycles. The first-order chi connectivity index (χ1) is 15.0. The first kappa shape index (κ1) is 20.1. The summed E-state index contributed by atoms with van der Waals surface area (Å²) in [4.78, 5) is 6.83. The van der Waals surface area contributed by atoms with Crippen LogP contribution < -0.4 is 10.2 Å². The summed E-state index contributed by atoms with van der Waals surface area (Å²) in [6.45, 7) is 4.46. The van der Waals surface area contributed by atoms with E-state index in [1.165, 1.54) is 42.6 Å². The highest BCUT2D eigenvalue weighted by molar-refractivity contribution is 7.80. The molecule has 2 aromatic heterocycles. The molecule has 31 heavy (non-hydrogen) atoms. The summed E-state index contributed by atoms with van der Waals surface area (Å²) in [6.07, 6.45) is 6.96. The van der Waals surface area contributed by atoms with Crippen molar-refractivity contribution in [2.24, 2.45) is 0 Å². The van der Waals surface area contributed by atoms with E-state index in [1.807, 2.05) is 30.5 Å². The number of benzene rings is 1. The molecule has 0 bridgehead atoms. The molecule has 1 saturated carbocycles. The average Bonchev–Trinajstić information content (AvgIpc) is 3.47. The Balaban J connectivity index is 1.64. The predicted molar refractivity (Wildman–Crippen MR) is 127 cm³/mol. The maximum Gasteiger partial charge on any atom is 0.174 e. The molecule has 5 nitrogen and oxygen atoms in total. The molecule has 0 unspecified atom stereocenters. The van der Waals surface area contributed by atoms with Gasteiger partial charge in [0.05, 0.1) is 17.8 Å². The van der Waals surface area contributed by atoms with Crippen LogP contribution >= 0.6 is 12.2 Å². The lowest BCUT2D eigenvalue weighted by Gasteiger charge is -2.28. The van der Waals surface area contributed by atoms with Crippen molar-refractivity contribution < 1.29 is 5.11 Å². The lowest BCUT2D eigenvalue weighted by molar-refractivity contribution is 0.475. The normalized spacial score (nSPS) is 21.6. The van der Waals surface area contributed by atoms with Gasteiger partial charge in [0.2, 0.25) is 0 Å². The Hall–Kier alpha value is -2.86. The zero-order valence-electron chi connectivity index (χ0n) is 18.0. The number of anilines is 1. The van der Waals surface area contributed by atoms with Crippen LogP contribution in [0.3, 0.4) is 0 Å². The minimum absolute atomic E-state index is 0.0201. The Labute approximate surface area is 188 Å². The minimum Gasteiger partial charge on any atom is -0.508 e. The maximum absolute atomic E-state index is 9.80. The van der Waals surface area contributed by atoms with Crippen LogP contribution in [0.1, 0.15) is 66.5 Å². The molecule has 160 valence electrons. The van der Waals surface area contributed by atoms with E-state index >= 15 is 0 Å². The summed E-state index contributed by atoms with van der Waals surface area (Å²) >= 11 is 5.82. The molecule has 1 aliphatic carbocycles. The van der Waals surface area contributed by atoms with E-state index < -0.39 is 0 Å². The van der Waals surface area contributed by atoms with Crippen LogP contribution in [0.2, 0.25) is 0 Å². The summed E-state index contributed by atoms with van der Waals surface area (Å²) in [7, 11) is 0. The van der Waals surface area contributed by atoms with Crippen molar-refractivity contribution in [2.45, 2.75) is 57.7 Å². The summed E-state index contributed by atoms with van der Waals surface area (Å²) in [5.41, 5.74) is 5.83. The number of hydrogen-bond donors (Lipinski definition) is 2. The summed E-state index contributed by atoms with van der Waals surface area (Å²) in [5.74, 6) is 0.249. The summed E-state index contributed by atoms with van der Waals surface area (Å²) in [5, 5.41) is 14.0. The highest BCUT2D eigenvalue weighted by Crippen LogP contribution is 2.44. The van der Waals surface area contributed by atoms with Crippen molar-refractivity contribution in [2.75, 3.05) is 4.90 Å². The Kier molecular flexibility index (Phi) is 5.18. The number of aromatic hydroxyl groups is 1. The number of phenols is 1. The van der Waals surface area contributed by atoms with Crippen LogP contribution in [0.5, 0.6) is 5.75 Å². The van der Waals surface area contributed by atoms with E-state index in [2.05, 4.69) is 45.7 Å². The molecule has 0 radical (unpaired) electrons. The molecule has 0 amide bonds. The highest BCUT2D eigenvalue weighted by atomic mass is 32.1. The molecule has 2 aliphatic rings. The minimum atomic E-state index is -0.0555. The Morgan fingerprint density at radius 3 is 2.48 bits per heavy atom. The molecule has 3 heterocycles. The van der Waals surface area contributed by atoms with Crippen LogP contribution in [0.25, 0.3) is 0 Å². The second kappa shape index (κ2) is 8.00. The van der Waals surface area contributed by atoms with Gasteiger partial charge in [-0.2, -0.15) is 0 Å². The van der Waals surface area contributed by atoms with E-state index in [0.717, 1.165) is 11.4 Å². The molecule has 2 N–H and O–H groups in total. The number of pyridine rings is 1. The van der Waals surface area contributed by atoms with E-state index in [0.29, 0.717) is 11.2 Å². The van der Waals surface area contributed by atoms with Crippen molar-refractivity contribution in [1.29, 1.82) is 0 Å². The van der Waals surface area contributed by atoms with Gasteiger partial charge in [-0.3, -0.25) is 4.98 Å². The molecule has 2 fully saturated rings. The lowest BCUT2D eigenvalue weighted by Crippen LogP contribution is -2.29. The van der Waals surface area contributed by atoms with Crippen molar-refractivity contribution in [3.63, 3.8) is 0 Å². The zero-order valence-corrected chi connectivity index (χ0v) is 18.8. The fourth-order valence-electron chi connectivity index (χ4n) is 5.39. The van der Waals surface area contributed by atoms with Gasteiger partial charge in [0.25, 0.3) is 0 Å². The molecule has 1 saturated heterocycles. The molecule has 5 rings (SSSR count). The van der Waals surface area contributed by atoms with Gasteiger partial charge in [-0.15, -0.1) is 0 Å². The van der Waals surface area contributed by atoms with E-state index in [-0.39, 0.29) is 17.8 Å². The quantitative estimate of drug-likeness (QED) is 0.533. The highest BCUT2D eigenvalue weighted by Gasteiger charge is 2.42. The zero-order chi connectivity index (χ0) is 21.5. The number of nitrogens with zero attached hydrogens (tertiary/aromatic N) is 3. The number of thiocarbonyl (C=S) groups is 1. The van der Waals surface area contributed by atoms with Crippen molar-refractivity contribution in [3.8, 4) is 5.75 Å². The van der Waals surface area contributed by atoms with Crippen LogP contribution in [0.4, 0.5) is 5.69 Å². The number of aromatic nitrogens is 2. The van der Waals surface area contributed by atoms with Gasteiger partial charge in [0.15, 0.2) is 5.11 Å². The smallest absolute Gasteiger partial charge is 0.174 e. The van der Waals surface area contributed by atoms with Crippen molar-refractivity contribution >= 4 is 23.0 Å². The van der Waals surface area contributed by atoms with Crippen LogP contribution in [-0.2, 0) is 0 Å². The molecule has 0 spiro atoms. The number of rotatable bonds is 4. The Morgan fingerprint density at radius 2 is 1.81 bits per heavy atom. The van der Waals surface area contributed by atoms with Gasteiger partial charge in [0.1, 0.15) is 5.75 Å². The monoisotopic (exact) mass is 432 g/mol. The third-order valence-corrected chi connectivity index (χ3v) is 7.07. The maximum atomic E-state index is 9.80. The van der Waals surface area contributed by atoms with E-state index in [1.54, 1.807) is 12.1 Å². The number of phenolic OH excluding ortho intramolecular Hbond substituents is 1. The van der Waals surface area contributed by atoms with Crippen molar-refractivity contribution in [3.05, 3.63) is 77.4 Å². The number of hydrogen-bond acceptors (Lipinski definition) is 3. The average molecular weight is 433 g/mol. The SMILES string of the molecule is Cc1cc([C@@H]2[C@H](c3ccccn3)NC(=S)N2c2ccc(O)cc2)c(C)n1C1CCCC1. The standard InChI is InChI=1S/C25H28N4OS/c1-16-15-21(17(2)28(16)18-7-3-4-8-18)24-23(22-9-5-6-14-26-22)27-25(31)29(24)19-10-12-20(30)13-11-19/h5-6,9-15,18,23-24,30H,3-4,7-8H2,1-2H3,(H,27,31)/t23-,24+/m0/s1. The predicted octanol–water partition coefficient (Wildman–Crippen LogP) is 5.50. The van der Waals surface area contributed by atoms with Gasteiger partial charge in [0, 0.05) is 29.3 Å². The topological polar surface area (TPSA) is 53.3 Å².